The largest absolute Gasteiger partial charge is 0.308 e. The van der Waals surface area contributed by atoms with Crippen molar-refractivity contribution in [2.24, 2.45) is 5.10 Å². The van der Waals surface area contributed by atoms with Crippen molar-refractivity contribution in [1.82, 2.24) is 10.3 Å². The molecule has 2 rings (SSSR count). The fourth-order valence-corrected chi connectivity index (χ4v) is 2.56. The Hall–Kier alpha value is -0.830. The van der Waals surface area contributed by atoms with Gasteiger partial charge in [0.2, 0.25) is 0 Å². The predicted octanol–water partition coefficient (Wildman–Crippen LogP) is 0.127. The Balaban J connectivity index is 2.35. The molecule has 18 heavy (non-hydrogen) atoms. The lowest BCUT2D eigenvalue weighted by molar-refractivity contribution is -0.125. The van der Waals surface area contributed by atoms with Gasteiger partial charge in [-0.2, -0.15) is 13.5 Å². The third kappa shape index (κ3) is 2.46. The number of nitrogens with zero attached hydrogens (tertiary/aromatic N) is 2. The molecule has 0 radical (unpaired) electrons. The third-order valence-electron chi connectivity index (χ3n) is 2.28. The summed E-state index contributed by atoms with van der Waals surface area (Å²) in [4.78, 5) is 12.9. The van der Waals surface area contributed by atoms with Gasteiger partial charge in [-0.15, -0.1) is 0 Å². The van der Waals surface area contributed by atoms with Crippen molar-refractivity contribution in [1.29, 1.82) is 0 Å². The van der Waals surface area contributed by atoms with Gasteiger partial charge in [0.25, 0.3) is 16.0 Å². The number of amides is 1. The average molecular weight is 314 g/mol. The second kappa shape index (κ2) is 4.69. The number of nitrogens with one attached hydrogen (secondary N) is 1. The quantitative estimate of drug-likeness (QED) is 0.732. The maximum Gasteiger partial charge on any atom is 0.274 e. The summed E-state index contributed by atoms with van der Waals surface area (Å²) in [6.07, 6.45) is 0.0325. The molecule has 0 spiro atoms. The number of hydrogen-bond donors (Lipinski definition) is 1. The van der Waals surface area contributed by atoms with Crippen LogP contribution in [0.15, 0.2) is 15.2 Å². The van der Waals surface area contributed by atoms with E-state index in [0.717, 1.165) is 11.2 Å². The van der Waals surface area contributed by atoms with Crippen LogP contribution >= 0.6 is 23.2 Å². The molecule has 100 valence electrons. The van der Waals surface area contributed by atoms with Crippen molar-refractivity contribution in [2.45, 2.75) is 12.6 Å². The lowest BCUT2D eigenvalue weighted by Gasteiger charge is -2.23. The summed E-state index contributed by atoms with van der Waals surface area (Å²) in [7, 11) is -3.80. The average Bonchev–Trinajstić information content (AvgIpc) is 2.82. The highest BCUT2D eigenvalue weighted by Gasteiger charge is 2.43. The van der Waals surface area contributed by atoms with E-state index in [4.69, 9.17) is 27.4 Å². The lowest BCUT2D eigenvalue weighted by atomic mass is 10.3. The van der Waals surface area contributed by atoms with Gasteiger partial charge in [0.15, 0.2) is 6.23 Å². The minimum absolute atomic E-state index is 0.165. The molecule has 2 heterocycles. The minimum Gasteiger partial charge on any atom is -0.308 e. The van der Waals surface area contributed by atoms with E-state index < -0.39 is 22.3 Å². The molecule has 0 aromatic heterocycles. The second-order valence-corrected chi connectivity index (χ2v) is 6.06. The second-order valence-electron chi connectivity index (χ2n) is 3.68. The van der Waals surface area contributed by atoms with E-state index in [1.807, 2.05) is 0 Å². The molecule has 1 atom stereocenters. The molecular weight excluding hydrogens is 305 g/mol. The first-order valence-electron chi connectivity index (χ1n) is 4.87. The van der Waals surface area contributed by atoms with Gasteiger partial charge >= 0.3 is 0 Å². The molecule has 10 heteroatoms. The minimum atomic E-state index is -3.80. The van der Waals surface area contributed by atoms with Gasteiger partial charge in [0.1, 0.15) is 10.9 Å². The number of hydrazone groups is 1. The zero-order valence-corrected chi connectivity index (χ0v) is 11.5. The molecule has 0 bridgehead atoms. The fourth-order valence-electron chi connectivity index (χ4n) is 1.58. The summed E-state index contributed by atoms with van der Waals surface area (Å²) in [5.41, 5.74) is 2.67. The number of carbonyl (C=O) groups excluding carboxylic acids is 1. The summed E-state index contributed by atoms with van der Waals surface area (Å²) in [6.45, 7) is 0.542. The Morgan fingerprint density at radius 1 is 1.50 bits per heavy atom. The molecule has 0 aliphatic carbocycles. The van der Waals surface area contributed by atoms with Crippen molar-refractivity contribution < 1.29 is 17.4 Å². The Labute approximate surface area is 113 Å². The van der Waals surface area contributed by atoms with Crippen molar-refractivity contribution in [3.05, 3.63) is 10.1 Å². The smallest absolute Gasteiger partial charge is 0.274 e. The topological polar surface area (TPSA) is 88.1 Å². The van der Waals surface area contributed by atoms with Crippen molar-refractivity contribution in [3.8, 4) is 0 Å². The highest BCUT2D eigenvalue weighted by Crippen LogP contribution is 2.33. The van der Waals surface area contributed by atoms with Gasteiger partial charge in [-0.05, 0) is 0 Å². The van der Waals surface area contributed by atoms with Crippen LogP contribution in [0.3, 0.4) is 0 Å². The number of hydrogen-bond acceptors (Lipinski definition) is 6. The first-order chi connectivity index (χ1) is 8.31. The molecule has 0 saturated heterocycles. The Bertz CT molecular complexity index is 557. The molecule has 2 aliphatic heterocycles. The molecule has 0 aromatic rings. The van der Waals surface area contributed by atoms with E-state index in [1.165, 1.54) is 0 Å². The van der Waals surface area contributed by atoms with Crippen LogP contribution < -0.4 is 5.43 Å². The SMILES string of the molecule is CS(=O)(=O)OC1C(Cl)=C(Cl)C(=O)N1C1=NNCC1. The van der Waals surface area contributed by atoms with Gasteiger partial charge < -0.3 is 5.43 Å². The molecule has 0 saturated carbocycles. The number of carbonyl (C=O) groups is 1. The van der Waals surface area contributed by atoms with Gasteiger partial charge in [-0.1, -0.05) is 23.2 Å². The number of halogens is 2. The normalized spacial score (nSPS) is 24.6. The van der Waals surface area contributed by atoms with Gasteiger partial charge in [-0.3, -0.25) is 9.69 Å². The zero-order chi connectivity index (χ0) is 13.5. The monoisotopic (exact) mass is 313 g/mol. The van der Waals surface area contributed by atoms with E-state index >= 15 is 0 Å². The first-order valence-corrected chi connectivity index (χ1v) is 7.45. The van der Waals surface area contributed by atoms with E-state index in [9.17, 15) is 13.2 Å². The van der Waals surface area contributed by atoms with Gasteiger partial charge in [0, 0.05) is 13.0 Å². The number of rotatable bonds is 2. The van der Waals surface area contributed by atoms with Crippen LogP contribution in [-0.4, -0.2) is 44.1 Å². The number of amidine groups is 1. The highest BCUT2D eigenvalue weighted by molar-refractivity contribution is 7.86. The van der Waals surface area contributed by atoms with Crippen LogP contribution in [0.1, 0.15) is 6.42 Å². The molecule has 2 aliphatic rings. The van der Waals surface area contributed by atoms with E-state index in [1.54, 1.807) is 0 Å². The zero-order valence-electron chi connectivity index (χ0n) is 9.18. The Morgan fingerprint density at radius 3 is 2.67 bits per heavy atom. The summed E-state index contributed by atoms with van der Waals surface area (Å²) >= 11 is 11.5. The van der Waals surface area contributed by atoms with Crippen LogP contribution in [-0.2, 0) is 19.1 Å². The highest BCUT2D eigenvalue weighted by atomic mass is 35.5. The Morgan fingerprint density at radius 2 is 2.17 bits per heavy atom. The van der Waals surface area contributed by atoms with Crippen LogP contribution in [0.25, 0.3) is 0 Å². The van der Waals surface area contributed by atoms with Gasteiger partial charge in [-0.25, -0.2) is 4.18 Å². The maximum atomic E-state index is 11.9. The van der Waals surface area contributed by atoms with Crippen molar-refractivity contribution in [3.63, 3.8) is 0 Å². The van der Waals surface area contributed by atoms with E-state index in [2.05, 4.69) is 10.5 Å². The summed E-state index contributed by atoms with van der Waals surface area (Å²) < 4.78 is 27.1. The van der Waals surface area contributed by atoms with Crippen LogP contribution in [0.2, 0.25) is 0 Å². The standard InChI is InChI=1S/C8H9Cl2N3O4S/c1-18(15,16)17-8-6(10)5(9)7(14)13(8)4-2-3-11-12-4/h8,11H,2-3H2,1H3. The summed E-state index contributed by atoms with van der Waals surface area (Å²) in [5, 5.41) is 3.44. The van der Waals surface area contributed by atoms with E-state index in [-0.39, 0.29) is 10.1 Å². The fraction of sp³-hybridized carbons (Fsp3) is 0.500. The van der Waals surface area contributed by atoms with Crippen LogP contribution in [0.5, 0.6) is 0 Å². The maximum absolute atomic E-state index is 11.9. The Kier molecular flexibility index (Phi) is 3.54. The first kappa shape index (κ1) is 13.6. The molecule has 7 nitrogen and oxygen atoms in total. The van der Waals surface area contributed by atoms with Crippen molar-refractivity contribution >= 4 is 45.1 Å². The lowest BCUT2D eigenvalue weighted by Crippen LogP contribution is -2.42. The third-order valence-corrected chi connectivity index (χ3v) is 3.65. The molecule has 1 unspecified atom stereocenters. The summed E-state index contributed by atoms with van der Waals surface area (Å²) in [6, 6.07) is 0. The van der Waals surface area contributed by atoms with Crippen LogP contribution in [0.4, 0.5) is 0 Å². The van der Waals surface area contributed by atoms with Gasteiger partial charge in [0.05, 0.1) is 11.3 Å². The summed E-state index contributed by atoms with van der Waals surface area (Å²) in [5.74, 6) is -0.291. The molecule has 1 amide bonds. The van der Waals surface area contributed by atoms with Crippen molar-refractivity contribution in [2.75, 3.05) is 12.8 Å². The molecule has 0 fully saturated rings. The molecule has 1 N–H and O–H groups in total. The van der Waals surface area contributed by atoms with E-state index in [0.29, 0.717) is 18.8 Å². The van der Waals surface area contributed by atoms with Crippen LogP contribution in [0, 0.1) is 0 Å². The molecule has 0 aromatic carbocycles. The molecular formula is C8H9Cl2N3O4S. The predicted molar refractivity (Wildman–Crippen MR) is 65.3 cm³/mol.